The van der Waals surface area contributed by atoms with Crippen LogP contribution in [0.25, 0.3) is 0 Å². The highest BCUT2D eigenvalue weighted by Crippen LogP contribution is 2.53. The average molecular weight is 395 g/mol. The van der Waals surface area contributed by atoms with Crippen molar-refractivity contribution >= 4 is 21.5 Å². The molecule has 0 saturated carbocycles. The summed E-state index contributed by atoms with van der Waals surface area (Å²) < 4.78 is 64.7. The Labute approximate surface area is 154 Å². The van der Waals surface area contributed by atoms with E-state index < -0.39 is 33.4 Å². The fraction of sp³-hybridized carbons (Fsp3) is 0.316. The third-order valence-electron chi connectivity index (χ3n) is 5.47. The first-order valence-electron chi connectivity index (χ1n) is 8.39. The van der Waals surface area contributed by atoms with Crippen LogP contribution >= 0.6 is 0 Å². The fourth-order valence-electron chi connectivity index (χ4n) is 4.42. The van der Waals surface area contributed by atoms with Gasteiger partial charge in [0.1, 0.15) is 0 Å². The molecular formula is C19H16F3NO3S. The number of carbonyl (C=O) groups excluding carboxylic acids is 1. The molecule has 0 N–H and O–H groups in total. The molecule has 1 spiro atoms. The molecule has 2 aromatic carbocycles. The summed E-state index contributed by atoms with van der Waals surface area (Å²) in [6.07, 6.45) is -4.61. The maximum atomic E-state index is 13.3. The minimum atomic E-state index is -4.87. The van der Waals surface area contributed by atoms with E-state index in [1.807, 2.05) is 0 Å². The molecule has 0 radical (unpaired) electrons. The number of sulfonamides is 1. The van der Waals surface area contributed by atoms with E-state index in [2.05, 4.69) is 0 Å². The number of benzene rings is 2. The third kappa shape index (κ3) is 2.50. The van der Waals surface area contributed by atoms with Gasteiger partial charge in [-0.3, -0.25) is 9.10 Å². The lowest BCUT2D eigenvalue weighted by molar-refractivity contribution is -0.106. The smallest absolute Gasteiger partial charge is 0.293 e. The number of hydrogen-bond donors (Lipinski definition) is 0. The summed E-state index contributed by atoms with van der Waals surface area (Å²) in [5, 5.41) is 0. The zero-order chi connectivity index (χ0) is 19.6. The molecule has 2 aliphatic rings. The number of nitrogens with zero attached hydrogens (tertiary/aromatic N) is 1. The van der Waals surface area contributed by atoms with Gasteiger partial charge in [-0.05, 0) is 30.5 Å². The van der Waals surface area contributed by atoms with E-state index >= 15 is 0 Å². The number of ketones is 1. The van der Waals surface area contributed by atoms with Gasteiger partial charge in [-0.25, -0.2) is 8.42 Å². The van der Waals surface area contributed by atoms with Crippen molar-refractivity contribution in [3.8, 4) is 0 Å². The summed E-state index contributed by atoms with van der Waals surface area (Å²) in [5.41, 5.74) is 0.673. The number of fused-ring (bicyclic) bond motifs is 3. The molecule has 0 unspecified atom stereocenters. The van der Waals surface area contributed by atoms with Gasteiger partial charge >= 0.3 is 6.18 Å². The largest absolute Gasteiger partial charge is 0.404 e. The van der Waals surface area contributed by atoms with Gasteiger partial charge in [0.25, 0.3) is 0 Å². The molecule has 27 heavy (non-hydrogen) atoms. The number of hydrogen-bond acceptors (Lipinski definition) is 3. The molecule has 0 bridgehead atoms. The van der Waals surface area contributed by atoms with Crippen molar-refractivity contribution in [2.75, 3.05) is 10.1 Å². The molecule has 2 atom stereocenters. The van der Waals surface area contributed by atoms with Crippen molar-refractivity contribution in [2.24, 2.45) is 0 Å². The molecule has 0 aromatic heterocycles. The van der Waals surface area contributed by atoms with Crippen LogP contribution < -0.4 is 4.31 Å². The van der Waals surface area contributed by atoms with E-state index in [0.717, 1.165) is 9.87 Å². The molecule has 4 rings (SSSR count). The SMILES string of the molecule is C[C@@H]1N(S(=O)(=O)CC(F)(F)F)c2ccccc2[C@@]12Cc1ccccc1C2=O. The summed E-state index contributed by atoms with van der Waals surface area (Å²) in [4.78, 5) is 13.3. The van der Waals surface area contributed by atoms with E-state index in [0.29, 0.717) is 11.1 Å². The van der Waals surface area contributed by atoms with Crippen LogP contribution in [0.15, 0.2) is 48.5 Å². The number of anilines is 1. The Morgan fingerprint density at radius 3 is 2.41 bits per heavy atom. The second-order valence-electron chi connectivity index (χ2n) is 6.99. The van der Waals surface area contributed by atoms with Gasteiger partial charge in [0, 0.05) is 5.56 Å². The standard InChI is InChI=1S/C19H16F3NO3S/c1-12-18(10-13-6-2-3-7-14(13)17(18)24)15-8-4-5-9-16(15)23(12)27(25,26)11-19(20,21)22/h2-9,12H,10-11H2,1H3/t12-,18+/m0/s1. The minimum absolute atomic E-state index is 0.149. The van der Waals surface area contributed by atoms with Crippen LogP contribution in [0.4, 0.5) is 18.9 Å². The molecule has 1 heterocycles. The number of halogens is 3. The minimum Gasteiger partial charge on any atom is -0.293 e. The van der Waals surface area contributed by atoms with Gasteiger partial charge in [-0.2, -0.15) is 13.2 Å². The van der Waals surface area contributed by atoms with E-state index in [4.69, 9.17) is 0 Å². The normalized spacial score (nSPS) is 24.4. The summed E-state index contributed by atoms with van der Waals surface area (Å²) in [7, 11) is -4.70. The molecule has 142 valence electrons. The second kappa shape index (κ2) is 5.58. The third-order valence-corrected chi connectivity index (χ3v) is 7.27. The fourth-order valence-corrected chi connectivity index (χ4v) is 6.09. The number of para-hydroxylation sites is 1. The lowest BCUT2D eigenvalue weighted by Crippen LogP contribution is -2.50. The molecule has 1 aliphatic heterocycles. The van der Waals surface area contributed by atoms with Crippen LogP contribution in [-0.2, 0) is 21.9 Å². The Morgan fingerprint density at radius 2 is 1.74 bits per heavy atom. The first kappa shape index (κ1) is 18.0. The number of Topliss-reactive ketones (excluding diaryl/α,β-unsaturated/α-hetero) is 1. The zero-order valence-electron chi connectivity index (χ0n) is 14.3. The Morgan fingerprint density at radius 1 is 1.11 bits per heavy atom. The van der Waals surface area contributed by atoms with Crippen LogP contribution in [0, 0.1) is 0 Å². The van der Waals surface area contributed by atoms with E-state index in [9.17, 15) is 26.4 Å². The van der Waals surface area contributed by atoms with Gasteiger partial charge in [0.15, 0.2) is 11.5 Å². The topological polar surface area (TPSA) is 54.5 Å². The Balaban J connectivity index is 1.90. The number of alkyl halides is 3. The first-order chi connectivity index (χ1) is 12.6. The van der Waals surface area contributed by atoms with E-state index in [1.54, 1.807) is 42.5 Å². The summed E-state index contributed by atoms with van der Waals surface area (Å²) >= 11 is 0. The monoisotopic (exact) mass is 395 g/mol. The highest BCUT2D eigenvalue weighted by molar-refractivity contribution is 7.92. The van der Waals surface area contributed by atoms with Crippen LogP contribution in [0.2, 0.25) is 0 Å². The molecule has 0 saturated heterocycles. The Hall–Kier alpha value is -2.35. The molecule has 4 nitrogen and oxygen atoms in total. The van der Waals surface area contributed by atoms with Crippen molar-refractivity contribution in [2.45, 2.75) is 31.0 Å². The zero-order valence-corrected chi connectivity index (χ0v) is 15.1. The Bertz CT molecular complexity index is 1050. The van der Waals surface area contributed by atoms with Gasteiger partial charge in [-0.15, -0.1) is 0 Å². The maximum Gasteiger partial charge on any atom is 0.404 e. The summed E-state index contributed by atoms with van der Waals surface area (Å²) in [6.45, 7) is 1.51. The van der Waals surface area contributed by atoms with Crippen molar-refractivity contribution in [3.63, 3.8) is 0 Å². The van der Waals surface area contributed by atoms with Crippen molar-refractivity contribution in [3.05, 3.63) is 65.2 Å². The molecule has 0 amide bonds. The highest BCUT2D eigenvalue weighted by atomic mass is 32.2. The second-order valence-corrected chi connectivity index (χ2v) is 8.84. The lowest BCUT2D eigenvalue weighted by atomic mass is 9.74. The molecular weight excluding hydrogens is 379 g/mol. The van der Waals surface area contributed by atoms with Gasteiger partial charge in [0.2, 0.25) is 10.0 Å². The van der Waals surface area contributed by atoms with Crippen LogP contribution in [0.5, 0.6) is 0 Å². The van der Waals surface area contributed by atoms with Crippen LogP contribution in [-0.4, -0.2) is 32.2 Å². The maximum absolute atomic E-state index is 13.3. The number of carbonyl (C=O) groups is 1. The predicted octanol–water partition coefficient (Wildman–Crippen LogP) is 3.46. The predicted molar refractivity (Wildman–Crippen MR) is 94.4 cm³/mol. The molecule has 8 heteroatoms. The highest BCUT2D eigenvalue weighted by Gasteiger charge is 2.60. The van der Waals surface area contributed by atoms with E-state index in [1.165, 1.54) is 13.0 Å². The average Bonchev–Trinajstić information content (AvgIpc) is 3.00. The lowest BCUT2D eigenvalue weighted by Gasteiger charge is -2.32. The number of rotatable bonds is 2. The quantitative estimate of drug-likeness (QED) is 0.783. The molecule has 1 aliphatic carbocycles. The van der Waals surface area contributed by atoms with Crippen LogP contribution in [0.1, 0.15) is 28.4 Å². The van der Waals surface area contributed by atoms with Crippen molar-refractivity contribution < 1.29 is 26.4 Å². The van der Waals surface area contributed by atoms with Gasteiger partial charge in [-0.1, -0.05) is 42.5 Å². The van der Waals surface area contributed by atoms with E-state index in [-0.39, 0.29) is 17.9 Å². The summed E-state index contributed by atoms with van der Waals surface area (Å²) in [5.74, 6) is -2.21. The van der Waals surface area contributed by atoms with Crippen molar-refractivity contribution in [1.29, 1.82) is 0 Å². The van der Waals surface area contributed by atoms with Crippen molar-refractivity contribution in [1.82, 2.24) is 0 Å². The van der Waals surface area contributed by atoms with Gasteiger partial charge < -0.3 is 0 Å². The Kier molecular flexibility index (Phi) is 3.72. The first-order valence-corrected chi connectivity index (χ1v) is 10.00. The molecule has 2 aromatic rings. The summed E-state index contributed by atoms with van der Waals surface area (Å²) in [6, 6.07) is 12.4. The van der Waals surface area contributed by atoms with Crippen LogP contribution in [0.3, 0.4) is 0 Å². The van der Waals surface area contributed by atoms with Gasteiger partial charge in [0.05, 0.1) is 17.1 Å². The molecule has 0 fully saturated rings.